The lowest BCUT2D eigenvalue weighted by Gasteiger charge is -2.19. The van der Waals surface area contributed by atoms with E-state index in [1.165, 1.54) is 6.07 Å². The fourth-order valence-electron chi connectivity index (χ4n) is 1.90. The van der Waals surface area contributed by atoms with Gasteiger partial charge in [0.05, 0.1) is 6.61 Å². The van der Waals surface area contributed by atoms with Crippen LogP contribution >= 0.6 is 0 Å². The number of carbonyl (C=O) groups excluding carboxylic acids is 1. The highest BCUT2D eigenvalue weighted by atomic mass is 19.1. The first-order chi connectivity index (χ1) is 9.72. The molecule has 0 aliphatic rings. The van der Waals surface area contributed by atoms with Gasteiger partial charge in [0.15, 0.2) is 6.04 Å². The Bertz CT molecular complexity index is 572. The largest absolute Gasteiger partial charge is 0.464 e. The molecule has 0 heterocycles. The second-order valence-electron chi connectivity index (χ2n) is 4.22. The number of rotatable bonds is 5. The first-order valence-corrected chi connectivity index (χ1v) is 6.45. The minimum Gasteiger partial charge on any atom is -0.464 e. The average molecular weight is 273 g/mol. The van der Waals surface area contributed by atoms with Crippen molar-refractivity contribution in [3.05, 3.63) is 66.0 Å². The first kappa shape index (κ1) is 14.1. The standard InChI is InChI=1S/C16H16FNO2/c1-2-20-16(19)15(13-10-6-7-11-14(13)17)18-12-8-4-3-5-9-12/h3-11,15,18H,2H2,1H3. The minimum absolute atomic E-state index is 0.250. The van der Waals surface area contributed by atoms with Crippen molar-refractivity contribution in [1.29, 1.82) is 0 Å². The molecule has 1 atom stereocenters. The Kier molecular flexibility index (Phi) is 4.71. The van der Waals surface area contributed by atoms with Crippen molar-refractivity contribution in [3.8, 4) is 0 Å². The third kappa shape index (κ3) is 3.35. The molecular formula is C16H16FNO2. The van der Waals surface area contributed by atoms with Crippen molar-refractivity contribution >= 4 is 11.7 Å². The Morgan fingerprint density at radius 2 is 1.80 bits per heavy atom. The van der Waals surface area contributed by atoms with E-state index in [9.17, 15) is 9.18 Å². The fourth-order valence-corrected chi connectivity index (χ4v) is 1.90. The van der Waals surface area contributed by atoms with Crippen LogP contribution in [0.2, 0.25) is 0 Å². The topological polar surface area (TPSA) is 38.3 Å². The molecule has 104 valence electrons. The van der Waals surface area contributed by atoms with Gasteiger partial charge in [-0.2, -0.15) is 0 Å². The third-order valence-electron chi connectivity index (χ3n) is 2.82. The molecule has 4 heteroatoms. The average Bonchev–Trinajstić information content (AvgIpc) is 2.47. The lowest BCUT2D eigenvalue weighted by molar-refractivity contribution is -0.144. The molecule has 2 aromatic rings. The van der Waals surface area contributed by atoms with Crippen LogP contribution in [-0.2, 0) is 9.53 Å². The van der Waals surface area contributed by atoms with Gasteiger partial charge in [0.1, 0.15) is 5.82 Å². The van der Waals surface area contributed by atoms with Crippen LogP contribution in [0.4, 0.5) is 10.1 Å². The molecule has 2 rings (SSSR count). The summed E-state index contributed by atoms with van der Waals surface area (Å²) in [5.41, 5.74) is 1.00. The van der Waals surface area contributed by atoms with Crippen molar-refractivity contribution in [2.75, 3.05) is 11.9 Å². The molecule has 1 unspecified atom stereocenters. The molecule has 0 bridgehead atoms. The summed E-state index contributed by atoms with van der Waals surface area (Å²) in [7, 11) is 0. The summed E-state index contributed by atoms with van der Waals surface area (Å²) in [4.78, 5) is 12.0. The number of esters is 1. The van der Waals surface area contributed by atoms with E-state index in [-0.39, 0.29) is 12.2 Å². The van der Waals surface area contributed by atoms with Gasteiger partial charge in [-0.25, -0.2) is 9.18 Å². The Balaban J connectivity index is 2.30. The van der Waals surface area contributed by atoms with E-state index in [0.717, 1.165) is 5.69 Å². The minimum atomic E-state index is -0.862. The van der Waals surface area contributed by atoms with Gasteiger partial charge in [-0.15, -0.1) is 0 Å². The van der Waals surface area contributed by atoms with E-state index in [1.807, 2.05) is 30.3 Å². The third-order valence-corrected chi connectivity index (χ3v) is 2.82. The summed E-state index contributed by atoms with van der Waals surface area (Å²) >= 11 is 0. The van der Waals surface area contributed by atoms with Gasteiger partial charge in [0, 0.05) is 11.3 Å². The van der Waals surface area contributed by atoms with Gasteiger partial charge in [-0.1, -0.05) is 36.4 Å². The number of halogens is 1. The molecular weight excluding hydrogens is 257 g/mol. The predicted octanol–water partition coefficient (Wildman–Crippen LogP) is 3.54. The number of benzene rings is 2. The Hall–Kier alpha value is -2.36. The zero-order chi connectivity index (χ0) is 14.4. The molecule has 3 nitrogen and oxygen atoms in total. The lowest BCUT2D eigenvalue weighted by atomic mass is 10.1. The molecule has 0 radical (unpaired) electrons. The summed E-state index contributed by atoms with van der Waals surface area (Å²) < 4.78 is 18.9. The molecule has 0 aliphatic heterocycles. The number of hydrogen-bond donors (Lipinski definition) is 1. The van der Waals surface area contributed by atoms with Crippen LogP contribution in [0.25, 0.3) is 0 Å². The summed E-state index contributed by atoms with van der Waals surface area (Å²) in [6.45, 7) is 1.97. The smallest absolute Gasteiger partial charge is 0.333 e. The van der Waals surface area contributed by atoms with E-state index in [1.54, 1.807) is 25.1 Å². The SMILES string of the molecule is CCOC(=O)C(Nc1ccccc1)c1ccccc1F. The highest BCUT2D eigenvalue weighted by molar-refractivity contribution is 5.81. The van der Waals surface area contributed by atoms with Crippen LogP contribution in [-0.4, -0.2) is 12.6 Å². The maximum absolute atomic E-state index is 13.9. The number of hydrogen-bond acceptors (Lipinski definition) is 3. The molecule has 0 amide bonds. The van der Waals surface area contributed by atoms with E-state index >= 15 is 0 Å². The van der Waals surface area contributed by atoms with Crippen LogP contribution in [0.3, 0.4) is 0 Å². The zero-order valence-electron chi connectivity index (χ0n) is 11.2. The van der Waals surface area contributed by atoms with Gasteiger partial charge in [-0.3, -0.25) is 0 Å². The van der Waals surface area contributed by atoms with Gasteiger partial charge in [0.25, 0.3) is 0 Å². The second kappa shape index (κ2) is 6.70. The van der Waals surface area contributed by atoms with Crippen LogP contribution < -0.4 is 5.32 Å². The van der Waals surface area contributed by atoms with Crippen molar-refractivity contribution in [3.63, 3.8) is 0 Å². The first-order valence-electron chi connectivity index (χ1n) is 6.45. The molecule has 20 heavy (non-hydrogen) atoms. The van der Waals surface area contributed by atoms with Crippen LogP contribution in [0, 0.1) is 5.82 Å². The highest BCUT2D eigenvalue weighted by Gasteiger charge is 2.24. The van der Waals surface area contributed by atoms with Gasteiger partial charge in [-0.05, 0) is 25.1 Å². The van der Waals surface area contributed by atoms with Gasteiger partial charge < -0.3 is 10.1 Å². The summed E-state index contributed by atoms with van der Waals surface area (Å²) in [6, 6.07) is 14.5. The Labute approximate surface area is 117 Å². The predicted molar refractivity (Wildman–Crippen MR) is 75.8 cm³/mol. The lowest BCUT2D eigenvalue weighted by Crippen LogP contribution is -2.24. The van der Waals surface area contributed by atoms with Gasteiger partial charge in [0.2, 0.25) is 0 Å². The molecule has 0 fully saturated rings. The summed E-state index contributed by atoms with van der Waals surface area (Å²) in [6.07, 6.45) is 0. The normalized spacial score (nSPS) is 11.7. The van der Waals surface area contributed by atoms with Crippen molar-refractivity contribution in [1.82, 2.24) is 0 Å². The van der Waals surface area contributed by atoms with E-state index in [0.29, 0.717) is 0 Å². The van der Waals surface area contributed by atoms with Crippen LogP contribution in [0.1, 0.15) is 18.5 Å². The van der Waals surface area contributed by atoms with E-state index in [2.05, 4.69) is 5.32 Å². The van der Waals surface area contributed by atoms with E-state index in [4.69, 9.17) is 4.74 Å². The van der Waals surface area contributed by atoms with Crippen molar-refractivity contribution < 1.29 is 13.9 Å². The molecule has 0 aliphatic carbocycles. The molecule has 2 aromatic carbocycles. The van der Waals surface area contributed by atoms with Gasteiger partial charge >= 0.3 is 5.97 Å². The molecule has 1 N–H and O–H groups in total. The monoisotopic (exact) mass is 273 g/mol. The molecule has 0 saturated heterocycles. The summed E-state index contributed by atoms with van der Waals surface area (Å²) in [5, 5.41) is 3.01. The van der Waals surface area contributed by atoms with Crippen molar-refractivity contribution in [2.24, 2.45) is 0 Å². The molecule has 0 aromatic heterocycles. The number of anilines is 1. The fraction of sp³-hybridized carbons (Fsp3) is 0.188. The van der Waals surface area contributed by atoms with Crippen molar-refractivity contribution in [2.45, 2.75) is 13.0 Å². The number of para-hydroxylation sites is 1. The zero-order valence-corrected chi connectivity index (χ0v) is 11.2. The maximum Gasteiger partial charge on any atom is 0.333 e. The van der Waals surface area contributed by atoms with E-state index < -0.39 is 17.8 Å². The number of carbonyl (C=O) groups is 1. The summed E-state index contributed by atoms with van der Waals surface area (Å²) in [5.74, 6) is -0.935. The number of ether oxygens (including phenoxy) is 1. The highest BCUT2D eigenvalue weighted by Crippen LogP contribution is 2.23. The second-order valence-corrected chi connectivity index (χ2v) is 4.22. The molecule has 0 saturated carbocycles. The number of nitrogens with one attached hydrogen (secondary N) is 1. The quantitative estimate of drug-likeness (QED) is 0.847. The maximum atomic E-state index is 13.9. The Morgan fingerprint density at radius 3 is 2.45 bits per heavy atom. The van der Waals surface area contributed by atoms with Crippen LogP contribution in [0.5, 0.6) is 0 Å². The molecule has 0 spiro atoms. The Morgan fingerprint density at radius 1 is 1.15 bits per heavy atom. The van der Waals surface area contributed by atoms with Crippen LogP contribution in [0.15, 0.2) is 54.6 Å².